The van der Waals surface area contributed by atoms with Gasteiger partial charge >= 0.3 is 0 Å². The lowest BCUT2D eigenvalue weighted by Gasteiger charge is -2.23. The Balaban J connectivity index is 2.12. The molecule has 4 heteroatoms. The van der Waals surface area contributed by atoms with Gasteiger partial charge in [-0.1, -0.05) is 41.1 Å². The molecular weight excluding hydrogens is 292 g/mol. The molecule has 0 spiro atoms. The number of rotatable bonds is 1. The van der Waals surface area contributed by atoms with E-state index in [1.807, 2.05) is 35.0 Å². The molecule has 2 unspecified atom stereocenters. The molecule has 1 heterocycles. The van der Waals surface area contributed by atoms with E-state index < -0.39 is 0 Å². The van der Waals surface area contributed by atoms with E-state index in [-0.39, 0.29) is 10.6 Å². The Morgan fingerprint density at radius 2 is 2.06 bits per heavy atom. The number of aromatic nitrogens is 2. The fourth-order valence-electron chi connectivity index (χ4n) is 2.38. The lowest BCUT2D eigenvalue weighted by Crippen LogP contribution is -2.30. The third-order valence-electron chi connectivity index (χ3n) is 3.40. The number of fused-ring (bicyclic) bond motifs is 1. The quantitative estimate of drug-likeness (QED) is 0.759. The van der Waals surface area contributed by atoms with Gasteiger partial charge < -0.3 is 0 Å². The number of carbonyl (C=O) groups is 1. The molecule has 3 nitrogen and oxygen atoms in total. The topological polar surface area (TPSA) is 34.9 Å². The van der Waals surface area contributed by atoms with E-state index in [9.17, 15) is 4.79 Å². The molecule has 0 saturated heterocycles. The summed E-state index contributed by atoms with van der Waals surface area (Å²) in [5.41, 5.74) is 2.78. The summed E-state index contributed by atoms with van der Waals surface area (Å²) in [6.45, 7) is 2.09. The minimum Gasteiger partial charge on any atom is -0.293 e. The monoisotopic (exact) mass is 304 g/mol. The Labute approximate surface area is 114 Å². The summed E-state index contributed by atoms with van der Waals surface area (Å²) in [4.78, 5) is 12.1. The second kappa shape index (κ2) is 4.35. The van der Waals surface area contributed by atoms with Gasteiger partial charge in [0.2, 0.25) is 0 Å². The number of Topliss-reactive ketones (excluding diaryl/α,β-unsaturated/α-hetero) is 1. The van der Waals surface area contributed by atoms with Crippen LogP contribution in [-0.4, -0.2) is 20.4 Å². The van der Waals surface area contributed by atoms with Crippen LogP contribution in [0.5, 0.6) is 0 Å². The first kappa shape index (κ1) is 11.7. The molecule has 1 aliphatic carbocycles. The predicted molar refractivity (Wildman–Crippen MR) is 73.5 cm³/mol. The fourth-order valence-corrected chi connectivity index (χ4v) is 2.82. The lowest BCUT2D eigenvalue weighted by molar-refractivity contribution is 0.0964. The van der Waals surface area contributed by atoms with Crippen LogP contribution >= 0.6 is 15.9 Å². The summed E-state index contributed by atoms with van der Waals surface area (Å²) in [5.74, 6) is 0.440. The number of hydrogen-bond acceptors (Lipinski definition) is 2. The zero-order chi connectivity index (χ0) is 12.7. The largest absolute Gasteiger partial charge is 0.293 e. The average molecular weight is 305 g/mol. The molecule has 0 radical (unpaired) electrons. The van der Waals surface area contributed by atoms with Crippen LogP contribution in [-0.2, 0) is 6.42 Å². The first-order valence-corrected chi connectivity index (χ1v) is 6.90. The van der Waals surface area contributed by atoms with Crippen molar-refractivity contribution in [2.24, 2.45) is 5.92 Å². The summed E-state index contributed by atoms with van der Waals surface area (Å²) >= 11 is 3.47. The van der Waals surface area contributed by atoms with Crippen molar-refractivity contribution in [3.05, 3.63) is 47.8 Å². The SMILES string of the molecule is CC1Cc2c(cnn2-c2ccccc2)C(=O)C1Br. The zero-order valence-corrected chi connectivity index (χ0v) is 11.6. The molecule has 3 rings (SSSR count). The van der Waals surface area contributed by atoms with Crippen LogP contribution in [0.25, 0.3) is 5.69 Å². The molecule has 1 aromatic heterocycles. The molecule has 18 heavy (non-hydrogen) atoms. The second-order valence-electron chi connectivity index (χ2n) is 4.70. The van der Waals surface area contributed by atoms with E-state index in [1.54, 1.807) is 6.20 Å². The van der Waals surface area contributed by atoms with Gasteiger partial charge in [-0.15, -0.1) is 0 Å². The van der Waals surface area contributed by atoms with Crippen LogP contribution < -0.4 is 0 Å². The third kappa shape index (κ3) is 1.72. The van der Waals surface area contributed by atoms with E-state index >= 15 is 0 Å². The van der Waals surface area contributed by atoms with E-state index in [0.29, 0.717) is 5.92 Å². The maximum atomic E-state index is 12.2. The predicted octanol–water partition coefficient (Wildman–Crippen LogP) is 3.01. The van der Waals surface area contributed by atoms with Gasteiger partial charge in [-0.05, 0) is 24.5 Å². The van der Waals surface area contributed by atoms with Crippen molar-refractivity contribution in [1.82, 2.24) is 9.78 Å². The van der Waals surface area contributed by atoms with Crippen molar-refractivity contribution in [3.8, 4) is 5.69 Å². The van der Waals surface area contributed by atoms with Crippen molar-refractivity contribution in [3.63, 3.8) is 0 Å². The highest BCUT2D eigenvalue weighted by Crippen LogP contribution is 2.31. The minimum absolute atomic E-state index is 0.0848. The second-order valence-corrected chi connectivity index (χ2v) is 5.69. The molecule has 1 aromatic carbocycles. The maximum absolute atomic E-state index is 12.2. The maximum Gasteiger partial charge on any atom is 0.180 e. The number of hydrogen-bond donors (Lipinski definition) is 0. The Bertz CT molecular complexity index is 591. The molecule has 1 aliphatic rings. The van der Waals surface area contributed by atoms with Gasteiger partial charge in [-0.2, -0.15) is 5.10 Å². The van der Waals surface area contributed by atoms with Crippen LogP contribution in [0.15, 0.2) is 36.5 Å². The average Bonchev–Trinajstić information content (AvgIpc) is 2.81. The third-order valence-corrected chi connectivity index (χ3v) is 4.72. The van der Waals surface area contributed by atoms with E-state index in [0.717, 1.165) is 23.4 Å². The van der Waals surface area contributed by atoms with Crippen molar-refractivity contribution in [2.75, 3.05) is 0 Å². The number of ketones is 1. The molecule has 2 atom stereocenters. The summed E-state index contributed by atoms with van der Waals surface area (Å²) in [7, 11) is 0. The van der Waals surface area contributed by atoms with E-state index in [1.165, 1.54) is 0 Å². The van der Waals surface area contributed by atoms with Gasteiger partial charge in [0, 0.05) is 0 Å². The Kier molecular flexibility index (Phi) is 2.82. The highest BCUT2D eigenvalue weighted by molar-refractivity contribution is 9.10. The molecule has 0 N–H and O–H groups in total. The summed E-state index contributed by atoms with van der Waals surface area (Å²) in [5, 5.41) is 4.36. The smallest absolute Gasteiger partial charge is 0.180 e. The van der Waals surface area contributed by atoms with Crippen molar-refractivity contribution >= 4 is 21.7 Å². The minimum atomic E-state index is -0.0848. The van der Waals surface area contributed by atoms with Gasteiger partial charge in [-0.25, -0.2) is 4.68 Å². The molecule has 92 valence electrons. The Hall–Kier alpha value is -1.42. The first-order valence-electron chi connectivity index (χ1n) is 5.99. The summed E-state index contributed by atoms with van der Waals surface area (Å²) < 4.78 is 1.88. The van der Waals surface area contributed by atoms with E-state index in [4.69, 9.17) is 0 Å². The van der Waals surface area contributed by atoms with Crippen LogP contribution in [0.3, 0.4) is 0 Å². The first-order chi connectivity index (χ1) is 8.68. The fraction of sp³-hybridized carbons (Fsp3) is 0.286. The van der Waals surface area contributed by atoms with Gasteiger partial charge in [0.05, 0.1) is 28.0 Å². The molecule has 0 amide bonds. The van der Waals surface area contributed by atoms with Crippen LogP contribution in [0, 0.1) is 5.92 Å². The van der Waals surface area contributed by atoms with Crippen LogP contribution in [0.2, 0.25) is 0 Å². The van der Waals surface area contributed by atoms with Gasteiger partial charge in [0.25, 0.3) is 0 Å². The molecule has 0 aliphatic heterocycles. The highest BCUT2D eigenvalue weighted by Gasteiger charge is 2.33. The van der Waals surface area contributed by atoms with Gasteiger partial charge in [-0.3, -0.25) is 4.79 Å². The number of para-hydroxylation sites is 1. The number of nitrogens with zero attached hydrogens (tertiary/aromatic N) is 2. The Morgan fingerprint density at radius 3 is 2.78 bits per heavy atom. The number of carbonyl (C=O) groups excluding carboxylic acids is 1. The van der Waals surface area contributed by atoms with Crippen molar-refractivity contribution < 1.29 is 4.79 Å². The highest BCUT2D eigenvalue weighted by atomic mass is 79.9. The standard InChI is InChI=1S/C14H13BrN2O/c1-9-7-12-11(14(18)13(9)15)8-16-17(12)10-5-3-2-4-6-10/h2-6,8-9,13H,7H2,1H3. The summed E-state index contributed by atoms with van der Waals surface area (Å²) in [6, 6.07) is 9.93. The Morgan fingerprint density at radius 1 is 1.33 bits per heavy atom. The zero-order valence-electron chi connectivity index (χ0n) is 10.0. The molecule has 0 fully saturated rings. The number of benzene rings is 1. The van der Waals surface area contributed by atoms with Crippen molar-refractivity contribution in [1.29, 1.82) is 0 Å². The molecular formula is C14H13BrN2O. The molecule has 2 aromatic rings. The van der Waals surface area contributed by atoms with E-state index in [2.05, 4.69) is 28.0 Å². The normalized spacial score (nSPS) is 22.9. The van der Waals surface area contributed by atoms with Gasteiger partial charge in [0.1, 0.15) is 0 Å². The number of alkyl halides is 1. The van der Waals surface area contributed by atoms with Crippen LogP contribution in [0.1, 0.15) is 23.0 Å². The van der Waals surface area contributed by atoms with Crippen molar-refractivity contribution in [2.45, 2.75) is 18.2 Å². The molecule has 0 saturated carbocycles. The van der Waals surface area contributed by atoms with Crippen LogP contribution in [0.4, 0.5) is 0 Å². The lowest BCUT2D eigenvalue weighted by atomic mass is 9.88. The summed E-state index contributed by atoms with van der Waals surface area (Å²) in [6.07, 6.45) is 2.55. The molecule has 0 bridgehead atoms. The number of halogens is 1. The van der Waals surface area contributed by atoms with Gasteiger partial charge in [0.15, 0.2) is 5.78 Å².